The second-order valence-corrected chi connectivity index (χ2v) is 4.42. The van der Waals surface area contributed by atoms with Gasteiger partial charge in [0.15, 0.2) is 11.5 Å². The Balaban J connectivity index is 2.27. The summed E-state index contributed by atoms with van der Waals surface area (Å²) >= 11 is 1.20. The quantitative estimate of drug-likeness (QED) is 0.746. The van der Waals surface area contributed by atoms with Gasteiger partial charge < -0.3 is 5.11 Å². The molecule has 0 aliphatic heterocycles. The summed E-state index contributed by atoms with van der Waals surface area (Å²) in [6.07, 6.45) is 1.49. The lowest BCUT2D eigenvalue weighted by molar-refractivity contribution is 0.0696. The summed E-state index contributed by atoms with van der Waals surface area (Å²) in [4.78, 5) is 11.7. The zero-order chi connectivity index (χ0) is 12.7. The van der Waals surface area contributed by atoms with Crippen LogP contribution in [0.15, 0.2) is 18.3 Å². The van der Waals surface area contributed by atoms with E-state index in [1.165, 1.54) is 23.8 Å². The molecular formula is C10H7N5O2S. The summed E-state index contributed by atoms with van der Waals surface area (Å²) < 4.78 is 5.47. The highest BCUT2D eigenvalue weighted by atomic mass is 32.1. The van der Waals surface area contributed by atoms with Crippen molar-refractivity contribution in [3.05, 3.63) is 29.6 Å². The Bertz CT molecular complexity index is 748. The van der Waals surface area contributed by atoms with E-state index in [1.54, 1.807) is 10.5 Å². The fraction of sp³-hybridized carbons (Fsp3) is 0.100. The maximum atomic E-state index is 11.0. The molecule has 90 valence electrons. The predicted octanol–water partition coefficient (Wildman–Crippen LogP) is 1.25. The van der Waals surface area contributed by atoms with Gasteiger partial charge in [0.2, 0.25) is 0 Å². The fourth-order valence-electron chi connectivity index (χ4n) is 1.61. The van der Waals surface area contributed by atoms with Crippen LogP contribution < -0.4 is 0 Å². The molecule has 1 N–H and O–H groups in total. The molecule has 0 aliphatic rings. The molecule has 0 unspecified atom stereocenters. The van der Waals surface area contributed by atoms with E-state index in [0.717, 1.165) is 10.6 Å². The smallest absolute Gasteiger partial charge is 0.337 e. The van der Waals surface area contributed by atoms with Crippen LogP contribution in [0.5, 0.6) is 0 Å². The van der Waals surface area contributed by atoms with Crippen LogP contribution in [0, 0.1) is 6.92 Å². The highest BCUT2D eigenvalue weighted by Crippen LogP contribution is 2.24. The van der Waals surface area contributed by atoms with Crippen molar-refractivity contribution < 1.29 is 9.90 Å². The lowest BCUT2D eigenvalue weighted by Gasteiger charge is -1.99. The van der Waals surface area contributed by atoms with Gasteiger partial charge >= 0.3 is 5.97 Å². The first-order chi connectivity index (χ1) is 8.66. The van der Waals surface area contributed by atoms with Crippen LogP contribution in [0.3, 0.4) is 0 Å². The normalized spacial score (nSPS) is 10.9. The highest BCUT2D eigenvalue weighted by molar-refractivity contribution is 7.09. The summed E-state index contributed by atoms with van der Waals surface area (Å²) in [5.41, 5.74) is 1.51. The molecule has 8 heteroatoms. The molecule has 0 saturated carbocycles. The number of carboxylic acids is 1. The number of aromatic nitrogens is 5. The minimum atomic E-state index is -0.990. The number of aryl methyl sites for hydroxylation is 1. The topological polar surface area (TPSA) is 93.3 Å². The molecule has 7 nitrogen and oxygen atoms in total. The van der Waals surface area contributed by atoms with Crippen LogP contribution in [0.2, 0.25) is 0 Å². The molecule has 18 heavy (non-hydrogen) atoms. The van der Waals surface area contributed by atoms with E-state index < -0.39 is 5.97 Å². The van der Waals surface area contributed by atoms with Crippen LogP contribution in [0.25, 0.3) is 16.3 Å². The summed E-state index contributed by atoms with van der Waals surface area (Å²) in [5.74, 6) is -0.434. The van der Waals surface area contributed by atoms with Gasteiger partial charge in [-0.25, -0.2) is 4.79 Å². The first-order valence-corrected chi connectivity index (χ1v) is 5.81. The Labute approximate surface area is 105 Å². The largest absolute Gasteiger partial charge is 0.478 e. The molecule has 0 radical (unpaired) electrons. The first kappa shape index (κ1) is 10.8. The number of carboxylic acid groups (broad SMARTS) is 1. The number of pyridine rings is 1. The van der Waals surface area contributed by atoms with Gasteiger partial charge in [0, 0.05) is 6.20 Å². The van der Waals surface area contributed by atoms with Crippen molar-refractivity contribution >= 4 is 23.1 Å². The maximum absolute atomic E-state index is 11.0. The Morgan fingerprint density at radius 3 is 2.83 bits per heavy atom. The van der Waals surface area contributed by atoms with Crippen molar-refractivity contribution in [3.63, 3.8) is 0 Å². The monoisotopic (exact) mass is 261 g/mol. The second kappa shape index (κ2) is 3.84. The number of rotatable bonds is 2. The number of carbonyl (C=O) groups is 1. The molecule has 0 atom stereocenters. The summed E-state index contributed by atoms with van der Waals surface area (Å²) in [5, 5.41) is 20.9. The zero-order valence-electron chi connectivity index (χ0n) is 9.23. The molecule has 3 aromatic rings. The third-order valence-corrected chi connectivity index (χ3v) is 3.33. The summed E-state index contributed by atoms with van der Waals surface area (Å²) in [7, 11) is 0. The van der Waals surface area contributed by atoms with Crippen LogP contribution >= 0.6 is 11.5 Å². The zero-order valence-corrected chi connectivity index (χ0v) is 10.0. The molecule has 0 fully saturated rings. The van der Waals surface area contributed by atoms with Gasteiger partial charge in [-0.3, -0.25) is 4.40 Å². The highest BCUT2D eigenvalue weighted by Gasteiger charge is 2.15. The molecule has 0 aromatic carbocycles. The lowest BCUT2D eigenvalue weighted by Crippen LogP contribution is -1.99. The number of fused-ring (bicyclic) bond motifs is 1. The SMILES string of the molecule is Cc1nnsc1-c1nnc2ccc(C(=O)O)cn12. The molecule has 0 aliphatic carbocycles. The maximum Gasteiger partial charge on any atom is 0.337 e. The Kier molecular flexibility index (Phi) is 2.30. The Morgan fingerprint density at radius 2 is 2.17 bits per heavy atom. The summed E-state index contributed by atoms with van der Waals surface area (Å²) in [6, 6.07) is 3.11. The second-order valence-electron chi connectivity index (χ2n) is 3.66. The molecular weight excluding hydrogens is 254 g/mol. The Hall–Kier alpha value is -2.35. The number of hydrogen-bond donors (Lipinski definition) is 1. The molecule has 3 heterocycles. The molecule has 3 aromatic heterocycles. The predicted molar refractivity (Wildman–Crippen MR) is 63.6 cm³/mol. The Morgan fingerprint density at radius 1 is 1.33 bits per heavy atom. The average Bonchev–Trinajstić information content (AvgIpc) is 2.93. The molecule has 3 rings (SSSR count). The van der Waals surface area contributed by atoms with Crippen LogP contribution in [0.4, 0.5) is 0 Å². The van der Waals surface area contributed by atoms with E-state index >= 15 is 0 Å². The third-order valence-electron chi connectivity index (χ3n) is 2.50. The van der Waals surface area contributed by atoms with Gasteiger partial charge in [-0.1, -0.05) is 4.49 Å². The number of aromatic carboxylic acids is 1. The fourth-order valence-corrected chi connectivity index (χ4v) is 2.25. The van der Waals surface area contributed by atoms with E-state index in [2.05, 4.69) is 19.8 Å². The van der Waals surface area contributed by atoms with Gasteiger partial charge in [0.1, 0.15) is 4.88 Å². The van der Waals surface area contributed by atoms with Gasteiger partial charge in [-0.15, -0.1) is 15.3 Å². The van der Waals surface area contributed by atoms with Crippen LogP contribution in [-0.2, 0) is 0 Å². The standard InChI is InChI=1S/C10H7N5O2S/c1-5-8(18-14-11-5)9-13-12-7-3-2-6(10(16)17)4-15(7)9/h2-4H,1H3,(H,16,17). The van der Waals surface area contributed by atoms with Gasteiger partial charge in [0.05, 0.1) is 11.3 Å². The van der Waals surface area contributed by atoms with Crippen LogP contribution in [-0.4, -0.2) is 35.3 Å². The van der Waals surface area contributed by atoms with Crippen molar-refractivity contribution in [1.82, 2.24) is 24.2 Å². The minimum Gasteiger partial charge on any atom is -0.478 e. The number of nitrogens with zero attached hydrogens (tertiary/aromatic N) is 5. The third kappa shape index (κ3) is 1.54. The van der Waals surface area contributed by atoms with Gasteiger partial charge in [-0.2, -0.15) is 0 Å². The van der Waals surface area contributed by atoms with Crippen molar-refractivity contribution in [1.29, 1.82) is 0 Å². The van der Waals surface area contributed by atoms with Crippen molar-refractivity contribution in [2.24, 2.45) is 0 Å². The average molecular weight is 261 g/mol. The van der Waals surface area contributed by atoms with E-state index in [-0.39, 0.29) is 5.56 Å². The van der Waals surface area contributed by atoms with E-state index in [9.17, 15) is 4.79 Å². The van der Waals surface area contributed by atoms with Gasteiger partial charge in [-0.05, 0) is 30.6 Å². The van der Waals surface area contributed by atoms with Crippen molar-refractivity contribution in [2.75, 3.05) is 0 Å². The van der Waals surface area contributed by atoms with Gasteiger partial charge in [0.25, 0.3) is 0 Å². The molecule has 0 amide bonds. The molecule has 0 saturated heterocycles. The van der Waals surface area contributed by atoms with E-state index in [1.807, 2.05) is 6.92 Å². The van der Waals surface area contributed by atoms with Crippen LogP contribution in [0.1, 0.15) is 16.1 Å². The summed E-state index contributed by atoms with van der Waals surface area (Å²) in [6.45, 7) is 1.82. The van der Waals surface area contributed by atoms with Crippen molar-refractivity contribution in [2.45, 2.75) is 6.92 Å². The number of hydrogen-bond acceptors (Lipinski definition) is 6. The molecule has 0 spiro atoms. The van der Waals surface area contributed by atoms with Crippen molar-refractivity contribution in [3.8, 4) is 10.7 Å². The molecule has 0 bridgehead atoms. The lowest BCUT2D eigenvalue weighted by atomic mass is 10.3. The first-order valence-electron chi connectivity index (χ1n) is 5.04. The van der Waals surface area contributed by atoms with E-state index in [0.29, 0.717) is 11.5 Å². The minimum absolute atomic E-state index is 0.179. The van der Waals surface area contributed by atoms with E-state index in [4.69, 9.17) is 5.11 Å².